The number of hydrogen-bond donors (Lipinski definition) is 2. The molecule has 0 spiro atoms. The number of quaternary nitrogens is 1. The van der Waals surface area contributed by atoms with Crippen molar-refractivity contribution in [1.29, 1.82) is 0 Å². The molecule has 1 aliphatic heterocycles. The van der Waals surface area contributed by atoms with Crippen LogP contribution in [0.1, 0.15) is 24.4 Å². The van der Waals surface area contributed by atoms with Crippen LogP contribution in [-0.4, -0.2) is 41.2 Å². The van der Waals surface area contributed by atoms with Crippen LogP contribution in [0.25, 0.3) is 0 Å². The second kappa shape index (κ2) is 6.75. The molecule has 1 fully saturated rings. The minimum Gasteiger partial charge on any atom is -0.459 e. The predicted octanol–water partition coefficient (Wildman–Crippen LogP) is 1.40. The molecule has 8 heteroatoms. The molecule has 21 heavy (non-hydrogen) atoms. The highest BCUT2D eigenvalue weighted by Crippen LogP contribution is 2.28. The van der Waals surface area contributed by atoms with Gasteiger partial charge in [0.15, 0.2) is 5.76 Å². The van der Waals surface area contributed by atoms with E-state index in [4.69, 9.17) is 44.0 Å². The summed E-state index contributed by atoms with van der Waals surface area (Å²) in [7, 11) is 0. The van der Waals surface area contributed by atoms with E-state index in [1.54, 1.807) is 12.1 Å². The zero-order chi connectivity index (χ0) is 15.6. The van der Waals surface area contributed by atoms with Gasteiger partial charge in [-0.2, -0.15) is 0 Å². The second-order valence-corrected chi connectivity index (χ2v) is 7.62. The largest absolute Gasteiger partial charge is 0.459 e. The van der Waals surface area contributed by atoms with Crippen LogP contribution in [-0.2, 0) is 4.74 Å². The smallest absolute Gasteiger partial charge is 0.291 e. The van der Waals surface area contributed by atoms with Gasteiger partial charge >= 0.3 is 0 Å². The Morgan fingerprint density at radius 3 is 2.48 bits per heavy atom. The molecule has 0 radical (unpaired) electrons. The van der Waals surface area contributed by atoms with Gasteiger partial charge < -0.3 is 14.1 Å². The molecule has 1 saturated heterocycles. The van der Waals surface area contributed by atoms with E-state index in [0.717, 1.165) is 4.90 Å². The fourth-order valence-corrected chi connectivity index (χ4v) is 3.20. The number of hydrogen-bond acceptors (Lipinski definition) is 3. The minimum absolute atomic E-state index is 0.0270. The van der Waals surface area contributed by atoms with Crippen molar-refractivity contribution in [2.45, 2.75) is 36.0 Å². The third-order valence-corrected chi connectivity index (χ3v) is 3.97. The summed E-state index contributed by atoms with van der Waals surface area (Å²) in [4.78, 5) is 13.1. The van der Waals surface area contributed by atoms with Crippen molar-refractivity contribution in [3.05, 3.63) is 24.2 Å². The van der Waals surface area contributed by atoms with Gasteiger partial charge in [0.1, 0.15) is 25.3 Å². The molecule has 0 aliphatic carbocycles. The van der Waals surface area contributed by atoms with E-state index in [2.05, 4.69) is 5.32 Å². The lowest BCUT2D eigenvalue weighted by atomic mass is 10.2. The average molecular weight is 357 g/mol. The number of amides is 1. The summed E-state index contributed by atoms with van der Waals surface area (Å²) >= 11 is 18.2. The van der Waals surface area contributed by atoms with Gasteiger partial charge in [0.25, 0.3) is 9.70 Å². The van der Waals surface area contributed by atoms with Gasteiger partial charge in [0.2, 0.25) is 6.17 Å². The maximum Gasteiger partial charge on any atom is 0.291 e. The zero-order valence-electron chi connectivity index (χ0n) is 11.7. The van der Waals surface area contributed by atoms with E-state index in [0.29, 0.717) is 13.1 Å². The molecule has 0 saturated carbocycles. The van der Waals surface area contributed by atoms with Gasteiger partial charge in [0.05, 0.1) is 6.26 Å². The fourth-order valence-electron chi connectivity index (χ4n) is 2.58. The van der Waals surface area contributed by atoms with E-state index < -0.39 is 15.9 Å². The van der Waals surface area contributed by atoms with Gasteiger partial charge in [-0.15, -0.1) is 0 Å². The Kier molecular flexibility index (Phi) is 5.43. The van der Waals surface area contributed by atoms with Gasteiger partial charge in [-0.05, 0) is 26.0 Å². The Balaban J connectivity index is 2.13. The van der Waals surface area contributed by atoms with E-state index in [-0.39, 0.29) is 18.0 Å². The molecule has 1 aromatic rings. The lowest BCUT2D eigenvalue weighted by Gasteiger charge is -2.39. The van der Waals surface area contributed by atoms with E-state index in [9.17, 15) is 4.79 Å². The lowest BCUT2D eigenvalue weighted by Crippen LogP contribution is -3.22. The Morgan fingerprint density at radius 2 is 2.00 bits per heavy atom. The quantitative estimate of drug-likeness (QED) is 0.805. The van der Waals surface area contributed by atoms with Crippen LogP contribution in [0.15, 0.2) is 22.8 Å². The standard InChI is InChI=1S/C13H17Cl3N2O3/c1-8-6-18(7-9(2)21-8)12(13(14,15)16)17-11(19)10-4-3-5-20-10/h3-5,8-9,12H,6-7H2,1-2H3,(H,17,19)/p+1/t8-,9-,12-/m0/s1. The Bertz CT molecular complexity index is 466. The summed E-state index contributed by atoms with van der Waals surface area (Å²) in [5.74, 6) is -0.223. The monoisotopic (exact) mass is 355 g/mol. The number of ether oxygens (including phenoxy) is 1. The van der Waals surface area contributed by atoms with Crippen molar-refractivity contribution in [1.82, 2.24) is 5.32 Å². The summed E-state index contributed by atoms with van der Waals surface area (Å²) in [6.45, 7) is 5.20. The van der Waals surface area contributed by atoms with E-state index >= 15 is 0 Å². The summed E-state index contributed by atoms with van der Waals surface area (Å²) in [5.41, 5.74) is 0. The number of rotatable bonds is 3. The van der Waals surface area contributed by atoms with Crippen molar-refractivity contribution >= 4 is 40.7 Å². The van der Waals surface area contributed by atoms with Crippen LogP contribution in [0.3, 0.4) is 0 Å². The second-order valence-electron chi connectivity index (χ2n) is 5.25. The first kappa shape index (κ1) is 16.9. The molecule has 2 rings (SSSR count). The van der Waals surface area contributed by atoms with E-state index in [1.165, 1.54) is 6.26 Å². The van der Waals surface area contributed by atoms with Crippen LogP contribution in [0, 0.1) is 0 Å². The van der Waals surface area contributed by atoms with Crippen LogP contribution in [0.5, 0.6) is 0 Å². The molecule has 2 heterocycles. The molecule has 1 amide bonds. The number of alkyl halides is 3. The predicted molar refractivity (Wildman–Crippen MR) is 81.0 cm³/mol. The number of nitrogens with one attached hydrogen (secondary N) is 2. The fraction of sp³-hybridized carbons (Fsp3) is 0.615. The summed E-state index contributed by atoms with van der Waals surface area (Å²) in [6, 6.07) is 3.19. The summed E-state index contributed by atoms with van der Waals surface area (Å²) in [5, 5.41) is 2.75. The van der Waals surface area contributed by atoms with Gasteiger partial charge in [0, 0.05) is 0 Å². The normalized spacial score (nSPS) is 28.1. The Morgan fingerprint density at radius 1 is 1.38 bits per heavy atom. The third kappa shape index (κ3) is 4.50. The van der Waals surface area contributed by atoms with Crippen molar-refractivity contribution < 1.29 is 18.8 Å². The average Bonchev–Trinajstić information content (AvgIpc) is 2.86. The molecule has 0 aromatic carbocycles. The molecule has 0 bridgehead atoms. The molecular formula is C13H18Cl3N2O3+. The third-order valence-electron chi connectivity index (χ3n) is 3.32. The van der Waals surface area contributed by atoms with Gasteiger partial charge in [-0.1, -0.05) is 34.8 Å². The van der Waals surface area contributed by atoms with Crippen molar-refractivity contribution in [2.75, 3.05) is 13.1 Å². The topological polar surface area (TPSA) is 55.9 Å². The summed E-state index contributed by atoms with van der Waals surface area (Å²) in [6.07, 6.45) is 0.789. The number of halogens is 3. The van der Waals surface area contributed by atoms with Crippen LogP contribution in [0.2, 0.25) is 0 Å². The van der Waals surface area contributed by atoms with Crippen molar-refractivity contribution in [2.24, 2.45) is 0 Å². The molecule has 1 aliphatic rings. The molecular weight excluding hydrogens is 339 g/mol. The lowest BCUT2D eigenvalue weighted by molar-refractivity contribution is -0.941. The van der Waals surface area contributed by atoms with Crippen LogP contribution >= 0.6 is 34.8 Å². The van der Waals surface area contributed by atoms with Crippen LogP contribution in [0.4, 0.5) is 0 Å². The highest BCUT2D eigenvalue weighted by atomic mass is 35.6. The molecule has 1 aromatic heterocycles. The zero-order valence-corrected chi connectivity index (χ0v) is 14.0. The first-order chi connectivity index (χ1) is 9.77. The van der Waals surface area contributed by atoms with Crippen LogP contribution < -0.4 is 10.2 Å². The summed E-state index contributed by atoms with van der Waals surface area (Å²) < 4.78 is 9.11. The van der Waals surface area contributed by atoms with Crippen molar-refractivity contribution in [3.63, 3.8) is 0 Å². The maximum absolute atomic E-state index is 12.1. The molecule has 3 atom stereocenters. The van der Waals surface area contributed by atoms with Gasteiger partial charge in [-0.3, -0.25) is 10.1 Å². The SMILES string of the molecule is C[C@H]1C[NH+]([C@H](NC(=O)c2ccco2)C(Cl)(Cl)Cl)C[C@H](C)O1. The number of carbonyl (C=O) groups is 1. The molecule has 118 valence electrons. The maximum atomic E-state index is 12.1. The molecule has 0 unspecified atom stereocenters. The minimum atomic E-state index is -1.63. The highest BCUT2D eigenvalue weighted by molar-refractivity contribution is 6.68. The first-order valence-corrected chi connectivity index (χ1v) is 7.82. The Labute approximate surface area is 138 Å². The van der Waals surface area contributed by atoms with Crippen molar-refractivity contribution in [3.8, 4) is 0 Å². The molecule has 2 N–H and O–H groups in total. The van der Waals surface area contributed by atoms with Gasteiger partial charge in [-0.25, -0.2) is 0 Å². The number of furan rings is 1. The Hall–Kier alpha value is -0.460. The highest BCUT2D eigenvalue weighted by Gasteiger charge is 2.45. The van der Waals surface area contributed by atoms with E-state index in [1.807, 2.05) is 13.8 Å². The number of carbonyl (C=O) groups excluding carboxylic acids is 1. The number of morpholine rings is 1. The first-order valence-electron chi connectivity index (χ1n) is 6.68. The molecule has 5 nitrogen and oxygen atoms in total.